The van der Waals surface area contributed by atoms with E-state index in [0.717, 1.165) is 0 Å². The summed E-state index contributed by atoms with van der Waals surface area (Å²) < 4.78 is 26.6. The number of nitro groups is 1. The van der Waals surface area contributed by atoms with Crippen molar-refractivity contribution in [3.63, 3.8) is 0 Å². The molecule has 20 heavy (non-hydrogen) atoms. The third-order valence-corrected chi connectivity index (χ3v) is 4.29. The maximum absolute atomic E-state index is 12.1. The van der Waals surface area contributed by atoms with E-state index >= 15 is 0 Å². The zero-order valence-corrected chi connectivity index (χ0v) is 12.2. The molecule has 0 unspecified atom stereocenters. The van der Waals surface area contributed by atoms with Crippen LogP contribution in [0, 0.1) is 33.8 Å². The van der Waals surface area contributed by atoms with Crippen LogP contribution in [0.1, 0.15) is 19.4 Å². The highest BCUT2D eigenvalue weighted by molar-refractivity contribution is 7.89. The topological polar surface area (TPSA) is 113 Å². The molecule has 1 aromatic carbocycles. The fourth-order valence-electron chi connectivity index (χ4n) is 1.48. The lowest BCUT2D eigenvalue weighted by atomic mass is 9.97. The van der Waals surface area contributed by atoms with Crippen LogP contribution in [0.4, 0.5) is 5.69 Å². The lowest BCUT2D eigenvalue weighted by Crippen LogP contribution is -2.33. The van der Waals surface area contributed by atoms with Gasteiger partial charge < -0.3 is 0 Å². The lowest BCUT2D eigenvalue weighted by Gasteiger charge is -2.16. The molecule has 0 spiro atoms. The Hall–Kier alpha value is -1.98. The smallest absolute Gasteiger partial charge is 0.258 e. The number of rotatable bonds is 5. The van der Waals surface area contributed by atoms with Crippen LogP contribution in [-0.2, 0) is 10.0 Å². The number of nitriles is 1. The summed E-state index contributed by atoms with van der Waals surface area (Å²) >= 11 is 0. The van der Waals surface area contributed by atoms with Crippen molar-refractivity contribution in [3.8, 4) is 6.07 Å². The summed E-state index contributed by atoms with van der Waals surface area (Å²) in [6, 6.07) is 5.83. The van der Waals surface area contributed by atoms with E-state index < -0.39 is 20.4 Å². The zero-order chi connectivity index (χ0) is 15.6. The van der Waals surface area contributed by atoms with Crippen LogP contribution < -0.4 is 4.72 Å². The highest BCUT2D eigenvalue weighted by atomic mass is 32.2. The van der Waals surface area contributed by atoms with Gasteiger partial charge in [-0.3, -0.25) is 10.1 Å². The van der Waals surface area contributed by atoms with Crippen molar-refractivity contribution in [1.29, 1.82) is 5.26 Å². The quantitative estimate of drug-likeness (QED) is 0.656. The standard InChI is InChI=1S/C12H15N3O4S/c1-9-10(15(16)17)5-4-6-11(9)20(18,19)14-8-12(2,3)7-13/h4-6,14H,8H2,1-3H3. The predicted molar refractivity (Wildman–Crippen MR) is 72.4 cm³/mol. The average Bonchev–Trinajstić information content (AvgIpc) is 2.36. The van der Waals surface area contributed by atoms with Crippen molar-refractivity contribution >= 4 is 15.7 Å². The summed E-state index contributed by atoms with van der Waals surface area (Å²) in [6.45, 7) is 4.49. The predicted octanol–water partition coefficient (Wildman–Crippen LogP) is 1.73. The molecular weight excluding hydrogens is 282 g/mol. The van der Waals surface area contributed by atoms with Gasteiger partial charge in [-0.25, -0.2) is 13.1 Å². The third kappa shape index (κ3) is 3.53. The Morgan fingerprint density at radius 2 is 2.05 bits per heavy atom. The highest BCUT2D eigenvalue weighted by Gasteiger charge is 2.25. The molecule has 0 bridgehead atoms. The summed E-state index contributed by atoms with van der Waals surface area (Å²) in [6.07, 6.45) is 0. The Balaban J connectivity index is 3.15. The van der Waals surface area contributed by atoms with Crippen LogP contribution >= 0.6 is 0 Å². The molecule has 0 saturated heterocycles. The molecule has 1 aromatic rings. The van der Waals surface area contributed by atoms with E-state index in [4.69, 9.17) is 5.26 Å². The lowest BCUT2D eigenvalue weighted by molar-refractivity contribution is -0.385. The van der Waals surface area contributed by atoms with Crippen molar-refractivity contribution in [1.82, 2.24) is 4.72 Å². The summed E-state index contributed by atoms with van der Waals surface area (Å²) in [5.74, 6) is 0. The van der Waals surface area contributed by atoms with Gasteiger partial charge in [0.2, 0.25) is 10.0 Å². The molecule has 0 saturated carbocycles. The summed E-state index contributed by atoms with van der Waals surface area (Å²) in [4.78, 5) is 10.0. The first-order chi connectivity index (χ1) is 9.10. The number of nitrogens with one attached hydrogen (secondary N) is 1. The number of benzene rings is 1. The minimum Gasteiger partial charge on any atom is -0.258 e. The van der Waals surface area contributed by atoms with Crippen molar-refractivity contribution in [2.45, 2.75) is 25.7 Å². The van der Waals surface area contributed by atoms with Gasteiger partial charge in [0.25, 0.3) is 5.69 Å². The van der Waals surface area contributed by atoms with Crippen molar-refractivity contribution in [2.75, 3.05) is 6.54 Å². The number of sulfonamides is 1. The molecule has 0 radical (unpaired) electrons. The fraction of sp³-hybridized carbons (Fsp3) is 0.417. The first-order valence-corrected chi connectivity index (χ1v) is 7.24. The van der Waals surface area contributed by atoms with Crippen LogP contribution in [0.25, 0.3) is 0 Å². The molecule has 0 fully saturated rings. The molecule has 0 aliphatic heterocycles. The first-order valence-electron chi connectivity index (χ1n) is 5.76. The maximum atomic E-state index is 12.1. The molecule has 7 nitrogen and oxygen atoms in total. The molecule has 1 N–H and O–H groups in total. The number of hydrogen-bond acceptors (Lipinski definition) is 5. The molecular formula is C12H15N3O4S. The van der Waals surface area contributed by atoms with Crippen LogP contribution in [0.5, 0.6) is 0 Å². The fourth-order valence-corrected chi connectivity index (χ4v) is 2.96. The largest absolute Gasteiger partial charge is 0.273 e. The molecule has 108 valence electrons. The van der Waals surface area contributed by atoms with E-state index in [-0.39, 0.29) is 22.7 Å². The molecule has 1 rings (SSSR count). The van der Waals surface area contributed by atoms with Gasteiger partial charge in [0.05, 0.1) is 21.3 Å². The van der Waals surface area contributed by atoms with Gasteiger partial charge in [0.15, 0.2) is 0 Å². The van der Waals surface area contributed by atoms with Gasteiger partial charge in [-0.05, 0) is 26.8 Å². The Morgan fingerprint density at radius 3 is 2.55 bits per heavy atom. The molecule has 0 aromatic heterocycles. The minimum atomic E-state index is -3.90. The zero-order valence-electron chi connectivity index (χ0n) is 11.4. The van der Waals surface area contributed by atoms with E-state index in [1.165, 1.54) is 25.1 Å². The van der Waals surface area contributed by atoms with Gasteiger partial charge in [-0.15, -0.1) is 0 Å². The summed E-state index contributed by atoms with van der Waals surface area (Å²) in [7, 11) is -3.90. The van der Waals surface area contributed by atoms with Gasteiger partial charge in [0, 0.05) is 18.2 Å². The van der Waals surface area contributed by atoms with E-state index in [0.29, 0.717) is 0 Å². The number of nitro benzene ring substituents is 1. The van der Waals surface area contributed by atoms with E-state index in [2.05, 4.69) is 4.72 Å². The maximum Gasteiger partial charge on any atom is 0.273 e. The molecule has 0 heterocycles. The van der Waals surface area contributed by atoms with Crippen molar-refractivity contribution < 1.29 is 13.3 Å². The first kappa shape index (κ1) is 16.1. The Morgan fingerprint density at radius 1 is 1.45 bits per heavy atom. The second kappa shape index (κ2) is 5.56. The van der Waals surface area contributed by atoms with E-state index in [1.54, 1.807) is 13.8 Å². The Bertz CT molecular complexity index is 674. The molecule has 0 aliphatic carbocycles. The Kier molecular flexibility index (Phi) is 4.47. The van der Waals surface area contributed by atoms with Crippen molar-refractivity contribution in [2.24, 2.45) is 5.41 Å². The van der Waals surface area contributed by atoms with E-state index in [1.807, 2.05) is 6.07 Å². The van der Waals surface area contributed by atoms with E-state index in [9.17, 15) is 18.5 Å². The second-order valence-corrected chi connectivity index (χ2v) is 6.71. The van der Waals surface area contributed by atoms with Gasteiger partial charge in [-0.1, -0.05) is 6.07 Å². The van der Waals surface area contributed by atoms with Crippen LogP contribution in [0.3, 0.4) is 0 Å². The normalized spacial score (nSPS) is 11.9. The average molecular weight is 297 g/mol. The third-order valence-electron chi connectivity index (χ3n) is 2.75. The second-order valence-electron chi connectivity index (χ2n) is 4.98. The van der Waals surface area contributed by atoms with Crippen LogP contribution in [-0.4, -0.2) is 19.9 Å². The molecule has 0 amide bonds. The number of hydrogen-bond donors (Lipinski definition) is 1. The van der Waals surface area contributed by atoms with Gasteiger partial charge in [0.1, 0.15) is 0 Å². The van der Waals surface area contributed by atoms with Gasteiger partial charge >= 0.3 is 0 Å². The monoisotopic (exact) mass is 297 g/mol. The number of nitrogens with zero attached hydrogens (tertiary/aromatic N) is 2. The van der Waals surface area contributed by atoms with Gasteiger partial charge in [-0.2, -0.15) is 5.26 Å². The highest BCUT2D eigenvalue weighted by Crippen LogP contribution is 2.25. The molecule has 0 atom stereocenters. The molecule has 8 heteroatoms. The van der Waals surface area contributed by atoms with Crippen molar-refractivity contribution in [3.05, 3.63) is 33.9 Å². The Labute approximate surface area is 117 Å². The van der Waals surface area contributed by atoms with Crippen LogP contribution in [0.15, 0.2) is 23.1 Å². The SMILES string of the molecule is Cc1c([N+](=O)[O-])cccc1S(=O)(=O)NCC(C)(C)C#N. The molecule has 0 aliphatic rings. The summed E-state index contributed by atoms with van der Waals surface area (Å²) in [5.41, 5.74) is -1.05. The summed E-state index contributed by atoms with van der Waals surface area (Å²) in [5, 5.41) is 19.7. The minimum absolute atomic E-state index is 0.0692. The van der Waals surface area contributed by atoms with Crippen LogP contribution in [0.2, 0.25) is 0 Å².